The van der Waals surface area contributed by atoms with Crippen molar-refractivity contribution in [1.82, 2.24) is 0 Å². The number of hydrogen-bond acceptors (Lipinski definition) is 2. The van der Waals surface area contributed by atoms with E-state index in [1.807, 2.05) is 0 Å². The maximum Gasteiger partial charge on any atom is 3.00 e. The van der Waals surface area contributed by atoms with Crippen LogP contribution in [0.25, 0.3) is 0 Å². The van der Waals surface area contributed by atoms with Crippen molar-refractivity contribution in [1.29, 1.82) is 0 Å². The van der Waals surface area contributed by atoms with Gasteiger partial charge in [0.1, 0.15) is 4.93 Å². The molecule has 0 N–H and O–H groups in total. The van der Waals surface area contributed by atoms with Crippen LogP contribution in [-0.4, -0.2) is 12.0 Å². The first-order valence-corrected chi connectivity index (χ1v) is 5.94. The summed E-state index contributed by atoms with van der Waals surface area (Å²) in [5.74, 6) is 0. The third-order valence-electron chi connectivity index (χ3n) is 2.74. The summed E-state index contributed by atoms with van der Waals surface area (Å²) in [7, 11) is 1.78. The first-order valence-electron chi connectivity index (χ1n) is 5.12. The van der Waals surface area contributed by atoms with Crippen LogP contribution in [-0.2, 0) is 26.5 Å². The van der Waals surface area contributed by atoms with Gasteiger partial charge in [-0.3, -0.25) is 6.08 Å². The van der Waals surface area contributed by atoms with E-state index in [0.717, 1.165) is 12.8 Å². The Bertz CT molecular complexity index is 377. The molecule has 2 aliphatic rings. The van der Waals surface area contributed by atoms with E-state index < -0.39 is 0 Å². The average Bonchev–Trinajstić information content (AvgIpc) is 2.74. The van der Waals surface area contributed by atoms with Crippen molar-refractivity contribution in [2.24, 2.45) is 0 Å². The third-order valence-corrected chi connectivity index (χ3v) is 4.22. The van der Waals surface area contributed by atoms with Crippen molar-refractivity contribution < 1.29 is 51.3 Å². The van der Waals surface area contributed by atoms with Crippen molar-refractivity contribution in [2.75, 3.05) is 7.11 Å². The minimum absolute atomic E-state index is 0. The first kappa shape index (κ1) is 20.9. The molecule has 1 unspecified atom stereocenters. The molecule has 0 fully saturated rings. The van der Waals surface area contributed by atoms with E-state index in [-0.39, 0.29) is 51.5 Å². The molecule has 2 aliphatic carbocycles. The topological polar surface area (TPSA) is 9.23 Å². The second kappa shape index (κ2) is 9.47. The molecular weight excluding hydrogens is 323 g/mol. The molecule has 0 aliphatic heterocycles. The van der Waals surface area contributed by atoms with Crippen LogP contribution in [0.3, 0.4) is 0 Å². The Kier molecular flexibility index (Phi) is 11.0. The van der Waals surface area contributed by atoms with E-state index in [0.29, 0.717) is 0 Å². The molecular formula is C13H15Cl2OSTi. The molecule has 0 saturated carbocycles. The molecule has 0 spiro atoms. The van der Waals surface area contributed by atoms with E-state index in [1.54, 1.807) is 18.9 Å². The van der Waals surface area contributed by atoms with Crippen LogP contribution in [0.5, 0.6) is 0 Å². The molecule has 0 heterocycles. The number of methoxy groups -OCH3 is 1. The molecule has 5 heteroatoms. The minimum atomic E-state index is -0.217. The Labute approximate surface area is 141 Å². The van der Waals surface area contributed by atoms with E-state index in [1.165, 1.54) is 10.5 Å². The van der Waals surface area contributed by atoms with E-state index in [9.17, 15) is 0 Å². The number of ether oxygens (including phenoxy) is 1. The summed E-state index contributed by atoms with van der Waals surface area (Å²) in [6.45, 7) is 2.12. The molecule has 0 saturated heterocycles. The summed E-state index contributed by atoms with van der Waals surface area (Å²) in [5, 5.41) is 0. The van der Waals surface area contributed by atoms with Gasteiger partial charge < -0.3 is 29.6 Å². The Morgan fingerprint density at radius 3 is 2.56 bits per heavy atom. The van der Waals surface area contributed by atoms with Gasteiger partial charge in [0.15, 0.2) is 0 Å². The number of thioether (sulfide) groups is 1. The van der Waals surface area contributed by atoms with Crippen LogP contribution in [0.1, 0.15) is 19.8 Å². The first-order chi connectivity index (χ1) is 7.27. The van der Waals surface area contributed by atoms with Gasteiger partial charge in [-0.1, -0.05) is 18.2 Å². The van der Waals surface area contributed by atoms with Gasteiger partial charge >= 0.3 is 21.7 Å². The Morgan fingerprint density at radius 1 is 1.33 bits per heavy atom. The number of allylic oxidation sites excluding steroid dienone is 5. The van der Waals surface area contributed by atoms with Crippen molar-refractivity contribution >= 4 is 11.8 Å². The predicted molar refractivity (Wildman–Crippen MR) is 65.4 cm³/mol. The maximum absolute atomic E-state index is 5.70. The zero-order valence-corrected chi connectivity index (χ0v) is 14.3. The van der Waals surface area contributed by atoms with Gasteiger partial charge in [0.25, 0.3) is 0 Å². The van der Waals surface area contributed by atoms with Crippen LogP contribution < -0.4 is 24.8 Å². The monoisotopic (exact) mass is 337 g/mol. The quantitative estimate of drug-likeness (QED) is 0.323. The largest absolute Gasteiger partial charge is 3.00 e. The minimum Gasteiger partial charge on any atom is -1.00 e. The fourth-order valence-corrected chi connectivity index (χ4v) is 2.93. The molecule has 0 bridgehead atoms. The van der Waals surface area contributed by atoms with Crippen LogP contribution in [0.15, 0.2) is 40.9 Å². The van der Waals surface area contributed by atoms with Gasteiger partial charge in [0, 0.05) is 13.5 Å². The number of rotatable bonds is 3. The van der Waals surface area contributed by atoms with Crippen LogP contribution >= 0.6 is 11.8 Å². The molecule has 0 aromatic rings. The molecule has 1 nitrogen and oxygen atoms in total. The third kappa shape index (κ3) is 4.59. The molecule has 18 heavy (non-hydrogen) atoms. The van der Waals surface area contributed by atoms with Gasteiger partial charge in [-0.15, -0.1) is 18.2 Å². The van der Waals surface area contributed by atoms with Crippen LogP contribution in [0.4, 0.5) is 0 Å². The van der Waals surface area contributed by atoms with Gasteiger partial charge in [0.2, 0.25) is 0 Å². The second-order valence-electron chi connectivity index (χ2n) is 3.69. The summed E-state index contributed by atoms with van der Waals surface area (Å²) < 4.78 is 5.70. The normalized spacial score (nSPS) is 24.3. The number of halogens is 2. The van der Waals surface area contributed by atoms with Crippen molar-refractivity contribution in [3.63, 3.8) is 0 Å². The zero-order chi connectivity index (χ0) is 10.7. The molecule has 0 aromatic carbocycles. The SMILES string of the molecule is COC1(SC2=[C-]CC=C2)CC=CC=C1C.[Cl-].[Cl-].[Ti+3]. The smallest absolute Gasteiger partial charge is 1.00 e. The molecule has 97 valence electrons. The Hall–Kier alpha value is 0.564. The summed E-state index contributed by atoms with van der Waals surface area (Å²) in [6, 6.07) is 0. The van der Waals surface area contributed by atoms with E-state index in [2.05, 4.69) is 43.4 Å². The van der Waals surface area contributed by atoms with Crippen molar-refractivity contribution in [2.45, 2.75) is 24.7 Å². The van der Waals surface area contributed by atoms with Gasteiger partial charge in [-0.05, 0) is 12.5 Å². The molecule has 0 amide bonds. The summed E-state index contributed by atoms with van der Waals surface area (Å²) in [6.07, 6.45) is 15.8. The number of hydrogen-bond donors (Lipinski definition) is 0. The second-order valence-corrected chi connectivity index (χ2v) is 4.99. The summed E-state index contributed by atoms with van der Waals surface area (Å²) in [4.78, 5) is 0.978. The maximum atomic E-state index is 5.70. The molecule has 0 aromatic heterocycles. The zero-order valence-electron chi connectivity index (χ0n) is 10.4. The van der Waals surface area contributed by atoms with Crippen molar-refractivity contribution in [3.05, 3.63) is 46.9 Å². The van der Waals surface area contributed by atoms with E-state index in [4.69, 9.17) is 4.74 Å². The standard InChI is InChI=1S/C13H15OS.2ClH.Ti/c1-11-7-5-6-10-13(11,14-2)15-12-8-3-4-9-12;;;/h3,5-8H,4,10H2,1-2H3;2*1H;/q-1;;;+3/p-2. The fourth-order valence-electron chi connectivity index (χ4n) is 1.76. The predicted octanol–water partition coefficient (Wildman–Crippen LogP) is -2.38. The average molecular weight is 338 g/mol. The van der Waals surface area contributed by atoms with Gasteiger partial charge in [0.05, 0.1) is 0 Å². The molecule has 1 atom stereocenters. The van der Waals surface area contributed by atoms with E-state index >= 15 is 0 Å². The molecule has 2 rings (SSSR count). The van der Waals surface area contributed by atoms with Gasteiger partial charge in [-0.2, -0.15) is 11.0 Å². The summed E-state index contributed by atoms with van der Waals surface area (Å²) in [5.41, 5.74) is 1.27. The van der Waals surface area contributed by atoms with Gasteiger partial charge in [-0.25, -0.2) is 6.08 Å². The fraction of sp³-hybridized carbons (Fsp3) is 0.385. The Balaban J connectivity index is 0. The molecule has 1 radical (unpaired) electrons. The van der Waals surface area contributed by atoms with Crippen LogP contribution in [0.2, 0.25) is 0 Å². The van der Waals surface area contributed by atoms with Crippen LogP contribution in [0, 0.1) is 6.08 Å². The Morgan fingerprint density at radius 2 is 2.06 bits per heavy atom. The summed E-state index contributed by atoms with van der Waals surface area (Å²) >= 11 is 1.76. The van der Waals surface area contributed by atoms with Crippen molar-refractivity contribution in [3.8, 4) is 0 Å².